The number of piperazine rings is 1. The van der Waals surface area contributed by atoms with Crippen LogP contribution in [0.4, 0.5) is 5.69 Å². The van der Waals surface area contributed by atoms with Gasteiger partial charge in [-0.2, -0.15) is 0 Å². The van der Waals surface area contributed by atoms with Crippen molar-refractivity contribution in [1.29, 1.82) is 0 Å². The topological polar surface area (TPSA) is 49.4 Å². The summed E-state index contributed by atoms with van der Waals surface area (Å²) in [6, 6.07) is 7.87. The first-order valence-corrected chi connectivity index (χ1v) is 7.10. The van der Waals surface area contributed by atoms with Gasteiger partial charge in [0.15, 0.2) is 0 Å². The van der Waals surface area contributed by atoms with Crippen LogP contribution in [0.2, 0.25) is 0 Å². The fourth-order valence-corrected chi connectivity index (χ4v) is 2.41. The van der Waals surface area contributed by atoms with Gasteiger partial charge in [0.1, 0.15) is 12.1 Å². The highest BCUT2D eigenvalue weighted by Crippen LogP contribution is 2.26. The predicted molar refractivity (Wildman–Crippen MR) is 79.7 cm³/mol. The second-order valence-corrected chi connectivity index (χ2v) is 5.87. The zero-order valence-electron chi connectivity index (χ0n) is 12.6. The molecular weight excluding hydrogens is 252 g/mol. The lowest BCUT2D eigenvalue weighted by molar-refractivity contribution is -0.135. The average molecular weight is 274 g/mol. The predicted octanol–water partition coefficient (Wildman–Crippen LogP) is 2.44. The van der Waals surface area contributed by atoms with Crippen LogP contribution in [0.3, 0.4) is 0 Å². The summed E-state index contributed by atoms with van der Waals surface area (Å²) in [7, 11) is 0. The summed E-state index contributed by atoms with van der Waals surface area (Å²) < 4.78 is 0. The minimum absolute atomic E-state index is 0.0412. The van der Waals surface area contributed by atoms with E-state index in [1.807, 2.05) is 31.2 Å². The molecule has 1 heterocycles. The third-order valence-electron chi connectivity index (χ3n) is 3.99. The molecule has 2 rings (SSSR count). The van der Waals surface area contributed by atoms with Crippen LogP contribution >= 0.6 is 0 Å². The molecule has 4 nitrogen and oxygen atoms in total. The lowest BCUT2D eigenvalue weighted by Crippen LogP contribution is -2.65. The molecule has 20 heavy (non-hydrogen) atoms. The van der Waals surface area contributed by atoms with E-state index in [-0.39, 0.29) is 18.4 Å². The molecule has 1 fully saturated rings. The van der Waals surface area contributed by atoms with Gasteiger partial charge in [0, 0.05) is 5.69 Å². The van der Waals surface area contributed by atoms with Crippen molar-refractivity contribution in [3.8, 4) is 0 Å². The number of nitrogens with zero attached hydrogens (tertiary/aromatic N) is 1. The second-order valence-electron chi connectivity index (χ2n) is 5.87. The fourth-order valence-electron chi connectivity index (χ4n) is 2.41. The van der Waals surface area contributed by atoms with Crippen molar-refractivity contribution in [2.24, 2.45) is 0 Å². The highest BCUT2D eigenvalue weighted by Gasteiger charge is 2.42. The van der Waals surface area contributed by atoms with Gasteiger partial charge in [0.25, 0.3) is 5.91 Å². The number of anilines is 1. The number of hydrogen-bond acceptors (Lipinski definition) is 2. The van der Waals surface area contributed by atoms with Crippen LogP contribution in [0, 0.1) is 0 Å². The molecule has 0 aromatic heterocycles. The molecule has 0 saturated carbocycles. The monoisotopic (exact) mass is 274 g/mol. The maximum absolute atomic E-state index is 12.6. The van der Waals surface area contributed by atoms with Gasteiger partial charge in [0.05, 0.1) is 0 Å². The molecule has 1 saturated heterocycles. The Morgan fingerprint density at radius 2 is 2.05 bits per heavy atom. The summed E-state index contributed by atoms with van der Waals surface area (Å²) in [6.07, 6.45) is 0.581. The summed E-state index contributed by atoms with van der Waals surface area (Å²) in [5.74, 6) is 0.241. The molecule has 1 aliphatic heterocycles. The molecule has 0 spiro atoms. The van der Waals surface area contributed by atoms with Gasteiger partial charge in [0.2, 0.25) is 5.91 Å². The third-order valence-corrected chi connectivity index (χ3v) is 3.99. The van der Waals surface area contributed by atoms with Crippen LogP contribution in [0.25, 0.3) is 0 Å². The molecule has 1 aromatic rings. The summed E-state index contributed by atoms with van der Waals surface area (Å²) in [6.45, 7) is 8.01. The van der Waals surface area contributed by atoms with Crippen LogP contribution in [0.15, 0.2) is 24.3 Å². The third kappa shape index (κ3) is 2.55. The molecule has 0 aliphatic carbocycles. The maximum atomic E-state index is 12.6. The Morgan fingerprint density at radius 3 is 2.65 bits per heavy atom. The normalized spacial score (nSPS) is 23.1. The fraction of sp³-hybridized carbons (Fsp3) is 0.500. The Kier molecular flexibility index (Phi) is 3.84. The Labute approximate surface area is 120 Å². The molecular formula is C16H22N2O2. The van der Waals surface area contributed by atoms with Gasteiger partial charge in [-0.05, 0) is 37.0 Å². The van der Waals surface area contributed by atoms with Gasteiger partial charge in [-0.15, -0.1) is 0 Å². The summed E-state index contributed by atoms with van der Waals surface area (Å²) >= 11 is 0. The van der Waals surface area contributed by atoms with E-state index < -0.39 is 5.54 Å². The zero-order chi connectivity index (χ0) is 14.9. The summed E-state index contributed by atoms with van der Waals surface area (Å²) in [4.78, 5) is 26.1. The van der Waals surface area contributed by atoms with E-state index in [1.165, 1.54) is 5.56 Å². The molecule has 1 unspecified atom stereocenters. The molecule has 2 amide bonds. The summed E-state index contributed by atoms with van der Waals surface area (Å²) in [5.41, 5.74) is 1.17. The highest BCUT2D eigenvalue weighted by atomic mass is 16.2. The molecule has 1 aromatic carbocycles. The van der Waals surface area contributed by atoms with Crippen LogP contribution in [-0.2, 0) is 9.59 Å². The van der Waals surface area contributed by atoms with E-state index in [1.54, 1.807) is 11.8 Å². The Bertz CT molecular complexity index is 539. The quantitative estimate of drug-likeness (QED) is 0.920. The Morgan fingerprint density at radius 1 is 1.35 bits per heavy atom. The van der Waals surface area contributed by atoms with Gasteiger partial charge >= 0.3 is 0 Å². The smallest absolute Gasteiger partial charge is 0.252 e. The van der Waals surface area contributed by atoms with E-state index in [2.05, 4.69) is 19.2 Å². The largest absolute Gasteiger partial charge is 0.340 e. The molecule has 0 bridgehead atoms. The molecule has 108 valence electrons. The number of carbonyl (C=O) groups excluding carboxylic acids is 2. The van der Waals surface area contributed by atoms with E-state index in [0.29, 0.717) is 12.3 Å². The van der Waals surface area contributed by atoms with E-state index in [9.17, 15) is 9.59 Å². The first-order chi connectivity index (χ1) is 9.37. The van der Waals surface area contributed by atoms with Gasteiger partial charge in [-0.1, -0.05) is 32.9 Å². The van der Waals surface area contributed by atoms with Crippen molar-refractivity contribution < 1.29 is 9.59 Å². The number of hydrogen-bond donors (Lipinski definition) is 1. The minimum Gasteiger partial charge on any atom is -0.340 e. The number of nitrogens with one attached hydrogen (secondary N) is 1. The molecule has 1 atom stereocenters. The lowest BCUT2D eigenvalue weighted by Gasteiger charge is -2.39. The SMILES string of the molecule is CCC1(C)NC(=O)CN(c2cccc(C(C)C)c2)C1=O. The van der Waals surface area contributed by atoms with Crippen molar-refractivity contribution in [1.82, 2.24) is 5.32 Å². The van der Waals surface area contributed by atoms with Gasteiger partial charge < -0.3 is 10.2 Å². The average Bonchev–Trinajstić information content (AvgIpc) is 2.43. The highest BCUT2D eigenvalue weighted by molar-refractivity contribution is 6.08. The van der Waals surface area contributed by atoms with Crippen LogP contribution in [0.1, 0.15) is 45.6 Å². The Hall–Kier alpha value is -1.84. The van der Waals surface area contributed by atoms with Crippen molar-refractivity contribution in [2.45, 2.75) is 45.6 Å². The first-order valence-electron chi connectivity index (χ1n) is 7.10. The maximum Gasteiger partial charge on any atom is 0.252 e. The van der Waals surface area contributed by atoms with E-state index in [0.717, 1.165) is 5.69 Å². The summed E-state index contributed by atoms with van der Waals surface area (Å²) in [5, 5.41) is 2.80. The van der Waals surface area contributed by atoms with Crippen molar-refractivity contribution in [3.63, 3.8) is 0 Å². The Balaban J connectivity index is 2.38. The second kappa shape index (κ2) is 5.27. The number of amides is 2. The number of rotatable bonds is 3. The molecule has 4 heteroatoms. The van der Waals surface area contributed by atoms with Crippen molar-refractivity contribution in [3.05, 3.63) is 29.8 Å². The number of carbonyl (C=O) groups is 2. The van der Waals surface area contributed by atoms with Crippen molar-refractivity contribution in [2.75, 3.05) is 11.4 Å². The minimum atomic E-state index is -0.802. The zero-order valence-corrected chi connectivity index (χ0v) is 12.6. The van der Waals surface area contributed by atoms with Crippen LogP contribution in [0.5, 0.6) is 0 Å². The van der Waals surface area contributed by atoms with Gasteiger partial charge in [-0.3, -0.25) is 9.59 Å². The van der Waals surface area contributed by atoms with Crippen LogP contribution in [-0.4, -0.2) is 23.9 Å². The van der Waals surface area contributed by atoms with Gasteiger partial charge in [-0.25, -0.2) is 0 Å². The molecule has 0 radical (unpaired) electrons. The van der Waals surface area contributed by atoms with Crippen LogP contribution < -0.4 is 10.2 Å². The standard InChI is InChI=1S/C16H22N2O2/c1-5-16(4)15(20)18(10-14(19)17-16)13-8-6-7-12(9-13)11(2)3/h6-9,11H,5,10H2,1-4H3,(H,17,19). The first kappa shape index (κ1) is 14.6. The molecule has 1 N–H and O–H groups in total. The lowest BCUT2D eigenvalue weighted by atomic mass is 9.93. The van der Waals surface area contributed by atoms with Crippen molar-refractivity contribution >= 4 is 17.5 Å². The van der Waals surface area contributed by atoms with E-state index >= 15 is 0 Å². The van der Waals surface area contributed by atoms with E-state index in [4.69, 9.17) is 0 Å². The number of benzene rings is 1. The molecule has 1 aliphatic rings.